The summed E-state index contributed by atoms with van der Waals surface area (Å²) in [5, 5.41) is 7.03. The standard InChI is InChI=1S/C18H37N5/c1-3-19-18(21-17-9-5-4-6-10-17)20-11-7-13-23-14-8-12-22(2)15-16-23/h17H,3-16H2,1-2H3,(H2,19,20,21). The third-order valence-electron chi connectivity index (χ3n) is 5.00. The first kappa shape index (κ1) is 18.5. The fourth-order valence-electron chi connectivity index (χ4n) is 3.57. The normalized spacial score (nSPS) is 22.8. The summed E-state index contributed by atoms with van der Waals surface area (Å²) in [6.07, 6.45) is 9.17. The molecule has 5 heteroatoms. The number of guanidine groups is 1. The van der Waals surface area contributed by atoms with Crippen molar-refractivity contribution in [3.63, 3.8) is 0 Å². The molecule has 0 aromatic heterocycles. The third-order valence-corrected chi connectivity index (χ3v) is 5.00. The lowest BCUT2D eigenvalue weighted by molar-refractivity contribution is 0.275. The summed E-state index contributed by atoms with van der Waals surface area (Å²) in [6.45, 7) is 10.1. The molecule has 1 heterocycles. The molecule has 23 heavy (non-hydrogen) atoms. The van der Waals surface area contributed by atoms with Crippen molar-refractivity contribution in [1.82, 2.24) is 20.4 Å². The van der Waals surface area contributed by atoms with Gasteiger partial charge in [0.25, 0.3) is 0 Å². The molecule has 0 unspecified atom stereocenters. The van der Waals surface area contributed by atoms with Gasteiger partial charge in [0.1, 0.15) is 0 Å². The molecule has 134 valence electrons. The van der Waals surface area contributed by atoms with Crippen LogP contribution >= 0.6 is 0 Å². The summed E-state index contributed by atoms with van der Waals surface area (Å²) in [7, 11) is 2.23. The minimum absolute atomic E-state index is 0.627. The fourth-order valence-corrected chi connectivity index (χ4v) is 3.57. The van der Waals surface area contributed by atoms with Gasteiger partial charge in [0, 0.05) is 32.2 Å². The van der Waals surface area contributed by atoms with Crippen LogP contribution in [0.1, 0.15) is 51.9 Å². The molecule has 1 saturated heterocycles. The Hall–Kier alpha value is -0.810. The van der Waals surface area contributed by atoms with E-state index in [1.54, 1.807) is 0 Å². The predicted octanol–water partition coefficient (Wildman–Crippen LogP) is 1.90. The van der Waals surface area contributed by atoms with Gasteiger partial charge in [-0.25, -0.2) is 0 Å². The molecule has 2 aliphatic rings. The lowest BCUT2D eigenvalue weighted by atomic mass is 9.96. The number of nitrogens with zero attached hydrogens (tertiary/aromatic N) is 3. The highest BCUT2D eigenvalue weighted by Gasteiger charge is 2.14. The fraction of sp³-hybridized carbons (Fsp3) is 0.944. The SMILES string of the molecule is CCNC(=NCCCN1CCCN(C)CC1)NC1CCCCC1. The Bertz CT molecular complexity index is 338. The molecule has 0 radical (unpaired) electrons. The molecule has 2 rings (SSSR count). The number of nitrogens with one attached hydrogen (secondary N) is 2. The van der Waals surface area contributed by atoms with E-state index in [4.69, 9.17) is 4.99 Å². The van der Waals surface area contributed by atoms with E-state index < -0.39 is 0 Å². The van der Waals surface area contributed by atoms with Gasteiger partial charge in [0.15, 0.2) is 5.96 Å². The number of hydrogen-bond acceptors (Lipinski definition) is 3. The van der Waals surface area contributed by atoms with Crippen LogP contribution < -0.4 is 10.6 Å². The minimum atomic E-state index is 0.627. The molecule has 0 aromatic carbocycles. The maximum atomic E-state index is 4.79. The molecule has 5 nitrogen and oxygen atoms in total. The average Bonchev–Trinajstić information content (AvgIpc) is 2.77. The van der Waals surface area contributed by atoms with E-state index in [9.17, 15) is 0 Å². The third kappa shape index (κ3) is 7.53. The van der Waals surface area contributed by atoms with E-state index in [-0.39, 0.29) is 0 Å². The van der Waals surface area contributed by atoms with E-state index in [0.29, 0.717) is 6.04 Å². The van der Waals surface area contributed by atoms with Gasteiger partial charge >= 0.3 is 0 Å². The lowest BCUT2D eigenvalue weighted by Crippen LogP contribution is -2.44. The number of rotatable bonds is 6. The second-order valence-corrected chi connectivity index (χ2v) is 7.09. The molecular weight excluding hydrogens is 286 g/mol. The average molecular weight is 324 g/mol. The molecule has 1 aliphatic carbocycles. The predicted molar refractivity (Wildman–Crippen MR) is 99.2 cm³/mol. The topological polar surface area (TPSA) is 42.9 Å². The van der Waals surface area contributed by atoms with Crippen LogP contribution in [0.3, 0.4) is 0 Å². The van der Waals surface area contributed by atoms with E-state index in [0.717, 1.165) is 25.5 Å². The van der Waals surface area contributed by atoms with Crippen LogP contribution in [0, 0.1) is 0 Å². The zero-order valence-corrected chi connectivity index (χ0v) is 15.3. The van der Waals surface area contributed by atoms with Crippen LogP contribution in [0.4, 0.5) is 0 Å². The first-order chi connectivity index (χ1) is 11.3. The van der Waals surface area contributed by atoms with Crippen molar-refractivity contribution in [3.05, 3.63) is 0 Å². The van der Waals surface area contributed by atoms with Crippen LogP contribution in [0.5, 0.6) is 0 Å². The van der Waals surface area contributed by atoms with E-state index in [1.807, 2.05) is 0 Å². The van der Waals surface area contributed by atoms with Crippen molar-refractivity contribution >= 4 is 5.96 Å². The highest BCUT2D eigenvalue weighted by atomic mass is 15.2. The maximum absolute atomic E-state index is 4.79. The molecular formula is C18H37N5. The summed E-state index contributed by atoms with van der Waals surface area (Å²) in [5.74, 6) is 1.02. The summed E-state index contributed by atoms with van der Waals surface area (Å²) in [5.41, 5.74) is 0. The van der Waals surface area contributed by atoms with Gasteiger partial charge in [-0.3, -0.25) is 4.99 Å². The Balaban J connectivity index is 1.67. The Morgan fingerprint density at radius 1 is 1.04 bits per heavy atom. The smallest absolute Gasteiger partial charge is 0.191 e. The molecule has 0 aromatic rings. The van der Waals surface area contributed by atoms with Crippen LogP contribution in [0.2, 0.25) is 0 Å². The Morgan fingerprint density at radius 2 is 1.87 bits per heavy atom. The second-order valence-electron chi connectivity index (χ2n) is 7.09. The number of aliphatic imine (C=N–C) groups is 1. The highest BCUT2D eigenvalue weighted by molar-refractivity contribution is 5.80. The maximum Gasteiger partial charge on any atom is 0.191 e. The number of hydrogen-bond donors (Lipinski definition) is 2. The van der Waals surface area contributed by atoms with E-state index in [2.05, 4.69) is 34.4 Å². The van der Waals surface area contributed by atoms with E-state index in [1.165, 1.54) is 71.2 Å². The zero-order valence-electron chi connectivity index (χ0n) is 15.3. The van der Waals surface area contributed by atoms with Crippen molar-refractivity contribution in [2.75, 3.05) is 52.9 Å². The van der Waals surface area contributed by atoms with Crippen molar-refractivity contribution in [2.24, 2.45) is 4.99 Å². The van der Waals surface area contributed by atoms with Gasteiger partial charge in [-0.15, -0.1) is 0 Å². The van der Waals surface area contributed by atoms with Crippen molar-refractivity contribution < 1.29 is 0 Å². The molecule has 0 spiro atoms. The molecule has 0 amide bonds. The van der Waals surface area contributed by atoms with Gasteiger partial charge in [-0.2, -0.15) is 0 Å². The quantitative estimate of drug-likeness (QED) is 0.445. The first-order valence-corrected chi connectivity index (χ1v) is 9.73. The molecule has 0 atom stereocenters. The Kier molecular flexibility index (Phi) is 8.76. The zero-order chi connectivity index (χ0) is 16.3. The van der Waals surface area contributed by atoms with Gasteiger partial charge in [0.05, 0.1) is 0 Å². The summed E-state index contributed by atoms with van der Waals surface area (Å²) in [6, 6.07) is 0.627. The molecule has 2 N–H and O–H groups in total. The summed E-state index contributed by atoms with van der Waals surface area (Å²) >= 11 is 0. The largest absolute Gasteiger partial charge is 0.357 e. The van der Waals surface area contributed by atoms with Crippen LogP contribution in [0.25, 0.3) is 0 Å². The van der Waals surface area contributed by atoms with E-state index >= 15 is 0 Å². The second kappa shape index (κ2) is 10.9. The summed E-state index contributed by atoms with van der Waals surface area (Å²) in [4.78, 5) is 9.83. The molecule has 1 aliphatic heterocycles. The molecule has 0 bridgehead atoms. The van der Waals surface area contributed by atoms with Crippen LogP contribution in [-0.2, 0) is 0 Å². The monoisotopic (exact) mass is 323 g/mol. The van der Waals surface area contributed by atoms with Crippen LogP contribution in [-0.4, -0.2) is 74.7 Å². The molecule has 2 fully saturated rings. The number of likely N-dealkylation sites (N-methyl/N-ethyl adjacent to an activating group) is 1. The van der Waals surface area contributed by atoms with Gasteiger partial charge in [-0.05, 0) is 59.3 Å². The van der Waals surface area contributed by atoms with Crippen molar-refractivity contribution in [1.29, 1.82) is 0 Å². The molecule has 1 saturated carbocycles. The Morgan fingerprint density at radius 3 is 2.65 bits per heavy atom. The Labute approximate surface area is 142 Å². The van der Waals surface area contributed by atoms with Crippen LogP contribution in [0.15, 0.2) is 4.99 Å². The summed E-state index contributed by atoms with van der Waals surface area (Å²) < 4.78 is 0. The highest BCUT2D eigenvalue weighted by Crippen LogP contribution is 2.17. The van der Waals surface area contributed by atoms with Crippen molar-refractivity contribution in [2.45, 2.75) is 57.9 Å². The van der Waals surface area contributed by atoms with Crippen molar-refractivity contribution in [3.8, 4) is 0 Å². The van der Waals surface area contributed by atoms with Gasteiger partial charge < -0.3 is 20.4 Å². The minimum Gasteiger partial charge on any atom is -0.357 e. The first-order valence-electron chi connectivity index (χ1n) is 9.73. The van der Waals surface area contributed by atoms with Gasteiger partial charge in [-0.1, -0.05) is 19.3 Å². The lowest BCUT2D eigenvalue weighted by Gasteiger charge is -2.25. The van der Waals surface area contributed by atoms with Gasteiger partial charge in [0.2, 0.25) is 0 Å².